The van der Waals surface area contributed by atoms with Crippen molar-refractivity contribution in [3.8, 4) is 0 Å². The molecule has 1 aliphatic rings. The highest BCUT2D eigenvalue weighted by Gasteiger charge is 2.21. The molecule has 0 saturated carbocycles. The second kappa shape index (κ2) is 10.2. The average Bonchev–Trinajstić information content (AvgIpc) is 3.02. The van der Waals surface area contributed by atoms with Gasteiger partial charge in [-0.1, -0.05) is 13.0 Å². The quantitative estimate of drug-likeness (QED) is 0.568. The van der Waals surface area contributed by atoms with Crippen LogP contribution in [0.5, 0.6) is 0 Å². The summed E-state index contributed by atoms with van der Waals surface area (Å²) >= 11 is 0. The molecule has 5 heteroatoms. The number of aromatic nitrogens is 1. The molecule has 0 aliphatic carbocycles. The largest absolute Gasteiger partial charge is 0.357 e. The van der Waals surface area contributed by atoms with Crippen molar-refractivity contribution >= 4 is 5.96 Å². The van der Waals surface area contributed by atoms with Gasteiger partial charge in [0.05, 0.1) is 0 Å². The summed E-state index contributed by atoms with van der Waals surface area (Å²) < 4.78 is 0. The number of hydrogen-bond donors (Lipinski definition) is 2. The number of nitrogens with zero attached hydrogens (tertiary/aromatic N) is 3. The van der Waals surface area contributed by atoms with E-state index in [9.17, 15) is 0 Å². The molecule has 1 fully saturated rings. The molecule has 1 aliphatic heterocycles. The lowest BCUT2D eigenvalue weighted by molar-refractivity contribution is 0.326. The van der Waals surface area contributed by atoms with E-state index in [2.05, 4.69) is 40.4 Å². The van der Waals surface area contributed by atoms with Crippen LogP contribution in [0.4, 0.5) is 0 Å². The molecule has 2 rings (SSSR count). The Kier molecular flexibility index (Phi) is 7.87. The molecule has 2 N–H and O–H groups in total. The van der Waals surface area contributed by atoms with Crippen molar-refractivity contribution < 1.29 is 0 Å². The lowest BCUT2D eigenvalue weighted by Crippen LogP contribution is -2.38. The molecule has 1 aromatic heterocycles. The zero-order chi connectivity index (χ0) is 16.3. The molecule has 0 aromatic carbocycles. The number of pyridine rings is 1. The van der Waals surface area contributed by atoms with Gasteiger partial charge in [0.2, 0.25) is 0 Å². The SMILES string of the molecule is CCCN1CCC(CN=C(NCC)NCCc2ccccn2)C1. The monoisotopic (exact) mass is 317 g/mol. The maximum absolute atomic E-state index is 4.77. The van der Waals surface area contributed by atoms with Crippen LogP contribution in [0.1, 0.15) is 32.4 Å². The molecule has 128 valence electrons. The van der Waals surface area contributed by atoms with Gasteiger partial charge in [-0.25, -0.2) is 0 Å². The number of likely N-dealkylation sites (tertiary alicyclic amines) is 1. The van der Waals surface area contributed by atoms with Crippen LogP contribution in [0.25, 0.3) is 0 Å². The lowest BCUT2D eigenvalue weighted by atomic mass is 10.1. The first kappa shape index (κ1) is 17.7. The van der Waals surface area contributed by atoms with Gasteiger partial charge in [-0.2, -0.15) is 0 Å². The number of rotatable bonds is 8. The van der Waals surface area contributed by atoms with Crippen molar-refractivity contribution in [1.29, 1.82) is 0 Å². The van der Waals surface area contributed by atoms with Crippen LogP contribution in [-0.2, 0) is 6.42 Å². The predicted molar refractivity (Wildman–Crippen MR) is 96.8 cm³/mol. The Bertz CT molecular complexity index is 460. The number of nitrogens with one attached hydrogen (secondary N) is 2. The second-order valence-electron chi connectivity index (χ2n) is 6.17. The molecule has 0 bridgehead atoms. The lowest BCUT2D eigenvalue weighted by Gasteiger charge is -2.15. The van der Waals surface area contributed by atoms with Gasteiger partial charge in [-0.05, 0) is 50.9 Å². The Labute approximate surface area is 140 Å². The van der Waals surface area contributed by atoms with Crippen LogP contribution in [0, 0.1) is 5.92 Å². The number of guanidine groups is 1. The summed E-state index contributed by atoms with van der Waals surface area (Å²) in [6.07, 6.45) is 5.28. The van der Waals surface area contributed by atoms with Gasteiger partial charge >= 0.3 is 0 Å². The predicted octanol–water partition coefficient (Wildman–Crippen LogP) is 1.91. The Morgan fingerprint density at radius 1 is 1.35 bits per heavy atom. The van der Waals surface area contributed by atoms with Gasteiger partial charge in [0, 0.05) is 44.5 Å². The summed E-state index contributed by atoms with van der Waals surface area (Å²) in [7, 11) is 0. The van der Waals surface area contributed by atoms with Crippen LogP contribution in [0.2, 0.25) is 0 Å². The van der Waals surface area contributed by atoms with Crippen LogP contribution < -0.4 is 10.6 Å². The maximum Gasteiger partial charge on any atom is 0.191 e. The van der Waals surface area contributed by atoms with E-state index in [0.29, 0.717) is 5.92 Å². The van der Waals surface area contributed by atoms with Gasteiger partial charge in [0.25, 0.3) is 0 Å². The van der Waals surface area contributed by atoms with Crippen LogP contribution >= 0.6 is 0 Å². The van der Waals surface area contributed by atoms with E-state index in [-0.39, 0.29) is 0 Å². The van der Waals surface area contributed by atoms with Gasteiger partial charge in [0.1, 0.15) is 0 Å². The Morgan fingerprint density at radius 2 is 2.26 bits per heavy atom. The summed E-state index contributed by atoms with van der Waals surface area (Å²) in [6, 6.07) is 6.04. The molecule has 1 saturated heterocycles. The molecule has 0 spiro atoms. The first-order chi connectivity index (χ1) is 11.3. The third-order valence-electron chi connectivity index (χ3n) is 4.16. The topological polar surface area (TPSA) is 52.5 Å². The Balaban J connectivity index is 1.74. The zero-order valence-corrected chi connectivity index (χ0v) is 14.6. The van der Waals surface area contributed by atoms with Crippen LogP contribution in [-0.4, -0.2) is 55.1 Å². The molecular weight excluding hydrogens is 286 g/mol. The summed E-state index contributed by atoms with van der Waals surface area (Å²) in [6.45, 7) is 10.7. The molecule has 5 nitrogen and oxygen atoms in total. The normalized spacial score (nSPS) is 19.0. The van der Waals surface area contributed by atoms with E-state index in [4.69, 9.17) is 4.99 Å². The fourth-order valence-corrected chi connectivity index (χ4v) is 3.00. The van der Waals surface area contributed by atoms with Crippen molar-refractivity contribution in [3.05, 3.63) is 30.1 Å². The first-order valence-electron chi connectivity index (χ1n) is 8.96. The highest BCUT2D eigenvalue weighted by molar-refractivity contribution is 5.79. The van der Waals surface area contributed by atoms with Crippen molar-refractivity contribution in [3.63, 3.8) is 0 Å². The summed E-state index contributed by atoms with van der Waals surface area (Å²) in [4.78, 5) is 11.7. The fraction of sp³-hybridized carbons (Fsp3) is 0.667. The van der Waals surface area contributed by atoms with Crippen molar-refractivity contribution in [2.24, 2.45) is 10.9 Å². The van der Waals surface area contributed by atoms with E-state index in [0.717, 1.165) is 37.7 Å². The van der Waals surface area contributed by atoms with Crippen molar-refractivity contribution in [2.45, 2.75) is 33.1 Å². The smallest absolute Gasteiger partial charge is 0.191 e. The van der Waals surface area contributed by atoms with Crippen LogP contribution in [0.15, 0.2) is 29.4 Å². The van der Waals surface area contributed by atoms with Gasteiger partial charge in [0.15, 0.2) is 5.96 Å². The minimum Gasteiger partial charge on any atom is -0.357 e. The Morgan fingerprint density at radius 3 is 3.00 bits per heavy atom. The summed E-state index contributed by atoms with van der Waals surface area (Å²) in [5.74, 6) is 1.63. The third-order valence-corrected chi connectivity index (χ3v) is 4.16. The van der Waals surface area contributed by atoms with E-state index < -0.39 is 0 Å². The minimum atomic E-state index is 0.702. The van der Waals surface area contributed by atoms with E-state index in [1.54, 1.807) is 0 Å². The molecule has 2 heterocycles. The van der Waals surface area contributed by atoms with E-state index >= 15 is 0 Å². The average molecular weight is 317 g/mol. The molecular formula is C18H31N5. The second-order valence-corrected chi connectivity index (χ2v) is 6.17. The highest BCUT2D eigenvalue weighted by Crippen LogP contribution is 2.16. The van der Waals surface area contributed by atoms with E-state index in [1.165, 1.54) is 32.5 Å². The molecule has 0 amide bonds. The summed E-state index contributed by atoms with van der Waals surface area (Å²) in [5, 5.41) is 6.75. The first-order valence-corrected chi connectivity index (χ1v) is 8.96. The van der Waals surface area contributed by atoms with Gasteiger partial charge < -0.3 is 15.5 Å². The van der Waals surface area contributed by atoms with Crippen LogP contribution in [0.3, 0.4) is 0 Å². The molecule has 1 atom stereocenters. The van der Waals surface area contributed by atoms with Crippen molar-refractivity contribution in [1.82, 2.24) is 20.5 Å². The minimum absolute atomic E-state index is 0.702. The Hall–Kier alpha value is -1.62. The number of hydrogen-bond acceptors (Lipinski definition) is 3. The molecule has 1 unspecified atom stereocenters. The molecule has 23 heavy (non-hydrogen) atoms. The molecule has 1 aromatic rings. The maximum atomic E-state index is 4.77. The third kappa shape index (κ3) is 6.57. The molecule has 0 radical (unpaired) electrons. The highest BCUT2D eigenvalue weighted by atomic mass is 15.2. The van der Waals surface area contributed by atoms with Crippen molar-refractivity contribution in [2.75, 3.05) is 39.3 Å². The zero-order valence-electron chi connectivity index (χ0n) is 14.6. The standard InChI is InChI=1S/C18H31N5/c1-3-12-23-13-9-16(15-23)14-22-18(19-4-2)21-11-8-17-7-5-6-10-20-17/h5-7,10,16H,3-4,8-9,11-15H2,1-2H3,(H2,19,21,22). The number of aliphatic imine (C=N–C) groups is 1. The van der Waals surface area contributed by atoms with E-state index in [1.807, 2.05) is 18.3 Å². The summed E-state index contributed by atoms with van der Waals surface area (Å²) in [5.41, 5.74) is 1.11. The van der Waals surface area contributed by atoms with Gasteiger partial charge in [-0.3, -0.25) is 9.98 Å². The van der Waals surface area contributed by atoms with Gasteiger partial charge in [-0.15, -0.1) is 0 Å². The fourth-order valence-electron chi connectivity index (χ4n) is 3.00.